The van der Waals surface area contributed by atoms with Crippen molar-refractivity contribution in [3.63, 3.8) is 0 Å². The first kappa shape index (κ1) is 10.6. The lowest BCUT2D eigenvalue weighted by Gasteiger charge is -2.13. The SMILES string of the molecule is COc1c(C)cccc1C(C)C(=O)O. The summed E-state index contributed by atoms with van der Waals surface area (Å²) in [5.74, 6) is -0.707. The molecule has 1 aromatic rings. The number of hydrogen-bond acceptors (Lipinski definition) is 2. The highest BCUT2D eigenvalue weighted by molar-refractivity contribution is 5.77. The molecule has 0 aromatic heterocycles. The van der Waals surface area contributed by atoms with Gasteiger partial charge in [0.05, 0.1) is 13.0 Å². The summed E-state index contributed by atoms with van der Waals surface area (Å²) in [6.45, 7) is 3.55. The molecule has 0 amide bonds. The van der Waals surface area contributed by atoms with Gasteiger partial charge in [0.25, 0.3) is 0 Å². The van der Waals surface area contributed by atoms with Gasteiger partial charge in [-0.1, -0.05) is 18.2 Å². The summed E-state index contributed by atoms with van der Waals surface area (Å²) in [7, 11) is 1.56. The van der Waals surface area contributed by atoms with Gasteiger partial charge < -0.3 is 9.84 Å². The Balaban J connectivity index is 3.20. The smallest absolute Gasteiger partial charge is 0.310 e. The summed E-state index contributed by atoms with van der Waals surface area (Å²) < 4.78 is 5.18. The lowest BCUT2D eigenvalue weighted by atomic mass is 9.98. The van der Waals surface area contributed by atoms with E-state index in [0.717, 1.165) is 11.1 Å². The van der Waals surface area contributed by atoms with E-state index in [1.165, 1.54) is 0 Å². The monoisotopic (exact) mass is 194 g/mol. The second-order valence-electron chi connectivity index (χ2n) is 3.26. The Hall–Kier alpha value is -1.51. The summed E-state index contributed by atoms with van der Waals surface area (Å²) in [6.07, 6.45) is 0. The molecule has 1 unspecified atom stereocenters. The van der Waals surface area contributed by atoms with Crippen LogP contribution in [0.3, 0.4) is 0 Å². The maximum Gasteiger partial charge on any atom is 0.310 e. The molecule has 1 rings (SSSR count). The van der Waals surface area contributed by atoms with Gasteiger partial charge in [0, 0.05) is 5.56 Å². The van der Waals surface area contributed by atoms with Crippen molar-refractivity contribution < 1.29 is 14.6 Å². The first-order valence-electron chi connectivity index (χ1n) is 4.44. The third kappa shape index (κ3) is 1.87. The van der Waals surface area contributed by atoms with Gasteiger partial charge in [0.2, 0.25) is 0 Å². The average molecular weight is 194 g/mol. The van der Waals surface area contributed by atoms with E-state index in [0.29, 0.717) is 5.75 Å². The van der Waals surface area contributed by atoms with Gasteiger partial charge in [-0.05, 0) is 19.4 Å². The van der Waals surface area contributed by atoms with Crippen LogP contribution in [-0.2, 0) is 4.79 Å². The average Bonchev–Trinajstić information content (AvgIpc) is 2.16. The van der Waals surface area contributed by atoms with Crippen molar-refractivity contribution in [3.8, 4) is 5.75 Å². The molecule has 1 aromatic carbocycles. The van der Waals surface area contributed by atoms with Crippen molar-refractivity contribution in [2.24, 2.45) is 0 Å². The maximum absolute atomic E-state index is 10.8. The third-order valence-corrected chi connectivity index (χ3v) is 2.28. The van der Waals surface area contributed by atoms with Crippen LogP contribution >= 0.6 is 0 Å². The van der Waals surface area contributed by atoms with E-state index in [1.54, 1.807) is 20.1 Å². The molecule has 0 saturated carbocycles. The lowest BCUT2D eigenvalue weighted by Crippen LogP contribution is -2.09. The number of carboxylic acid groups (broad SMARTS) is 1. The van der Waals surface area contributed by atoms with Crippen LogP contribution in [0.5, 0.6) is 5.75 Å². The number of methoxy groups -OCH3 is 1. The number of hydrogen-bond donors (Lipinski definition) is 1. The number of rotatable bonds is 3. The van der Waals surface area contributed by atoms with Gasteiger partial charge in [0.15, 0.2) is 0 Å². The highest BCUT2D eigenvalue weighted by Crippen LogP contribution is 2.29. The van der Waals surface area contributed by atoms with Gasteiger partial charge in [0.1, 0.15) is 5.75 Å². The van der Waals surface area contributed by atoms with Crippen molar-refractivity contribution in [3.05, 3.63) is 29.3 Å². The van der Waals surface area contributed by atoms with Crippen LogP contribution in [0.2, 0.25) is 0 Å². The van der Waals surface area contributed by atoms with Gasteiger partial charge in [-0.3, -0.25) is 4.79 Å². The zero-order valence-corrected chi connectivity index (χ0v) is 8.57. The molecule has 0 aliphatic carbocycles. The molecular formula is C11H14O3. The van der Waals surface area contributed by atoms with Gasteiger partial charge >= 0.3 is 5.97 Å². The molecule has 0 aliphatic heterocycles. The van der Waals surface area contributed by atoms with Crippen molar-refractivity contribution in [2.45, 2.75) is 19.8 Å². The first-order chi connectivity index (χ1) is 6.57. The number of aryl methyl sites for hydroxylation is 1. The summed E-state index contributed by atoms with van der Waals surface area (Å²) in [5.41, 5.74) is 1.68. The number of carboxylic acids is 1. The van der Waals surface area contributed by atoms with E-state index in [2.05, 4.69) is 0 Å². The van der Waals surface area contributed by atoms with E-state index >= 15 is 0 Å². The molecule has 3 nitrogen and oxygen atoms in total. The molecule has 0 bridgehead atoms. The molecule has 0 aliphatic rings. The van der Waals surface area contributed by atoms with Gasteiger partial charge in [-0.25, -0.2) is 0 Å². The van der Waals surface area contributed by atoms with Gasteiger partial charge in [-0.2, -0.15) is 0 Å². The normalized spacial score (nSPS) is 12.2. The molecular weight excluding hydrogens is 180 g/mol. The minimum Gasteiger partial charge on any atom is -0.496 e. The summed E-state index contributed by atoms with van der Waals surface area (Å²) in [6, 6.07) is 5.52. The van der Waals surface area contributed by atoms with Crippen LogP contribution < -0.4 is 4.74 Å². The predicted molar refractivity (Wildman–Crippen MR) is 53.8 cm³/mol. The van der Waals surface area contributed by atoms with Crippen LogP contribution in [0, 0.1) is 6.92 Å². The van der Waals surface area contributed by atoms with Crippen LogP contribution in [0.4, 0.5) is 0 Å². The highest BCUT2D eigenvalue weighted by Gasteiger charge is 2.18. The number of para-hydroxylation sites is 1. The predicted octanol–water partition coefficient (Wildman–Crippen LogP) is 2.19. The number of carbonyl (C=O) groups is 1. The lowest BCUT2D eigenvalue weighted by molar-refractivity contribution is -0.138. The summed E-state index contributed by atoms with van der Waals surface area (Å²) >= 11 is 0. The van der Waals surface area contributed by atoms with E-state index in [9.17, 15) is 4.79 Å². The summed E-state index contributed by atoms with van der Waals surface area (Å²) in [4.78, 5) is 10.8. The molecule has 1 N–H and O–H groups in total. The molecule has 0 saturated heterocycles. The Labute approximate surface area is 83.3 Å². The molecule has 0 fully saturated rings. The standard InChI is InChI=1S/C11H14O3/c1-7-5-4-6-9(10(7)14-3)8(2)11(12)13/h4-6,8H,1-3H3,(H,12,13). The van der Waals surface area contributed by atoms with Crippen molar-refractivity contribution >= 4 is 5.97 Å². The number of aliphatic carboxylic acids is 1. The Kier molecular flexibility index (Phi) is 3.12. The maximum atomic E-state index is 10.8. The quantitative estimate of drug-likeness (QED) is 0.802. The van der Waals surface area contributed by atoms with Crippen LogP contribution in [-0.4, -0.2) is 18.2 Å². The molecule has 14 heavy (non-hydrogen) atoms. The Morgan fingerprint density at radius 1 is 1.50 bits per heavy atom. The second kappa shape index (κ2) is 4.13. The fourth-order valence-electron chi connectivity index (χ4n) is 1.43. The number of ether oxygens (including phenoxy) is 1. The largest absolute Gasteiger partial charge is 0.496 e. The molecule has 0 spiro atoms. The highest BCUT2D eigenvalue weighted by atomic mass is 16.5. The van der Waals surface area contributed by atoms with Crippen molar-refractivity contribution in [2.75, 3.05) is 7.11 Å². The van der Waals surface area contributed by atoms with E-state index in [1.807, 2.05) is 19.1 Å². The molecule has 0 radical (unpaired) electrons. The van der Waals surface area contributed by atoms with Crippen LogP contribution in [0.25, 0.3) is 0 Å². The second-order valence-corrected chi connectivity index (χ2v) is 3.26. The van der Waals surface area contributed by atoms with Crippen molar-refractivity contribution in [1.29, 1.82) is 0 Å². The van der Waals surface area contributed by atoms with Gasteiger partial charge in [-0.15, -0.1) is 0 Å². The van der Waals surface area contributed by atoms with E-state index in [-0.39, 0.29) is 0 Å². The number of benzene rings is 1. The minimum atomic E-state index is -0.839. The van der Waals surface area contributed by atoms with Crippen molar-refractivity contribution in [1.82, 2.24) is 0 Å². The first-order valence-corrected chi connectivity index (χ1v) is 4.44. The Morgan fingerprint density at radius 3 is 2.64 bits per heavy atom. The molecule has 3 heteroatoms. The fourth-order valence-corrected chi connectivity index (χ4v) is 1.43. The topological polar surface area (TPSA) is 46.5 Å². The fraction of sp³-hybridized carbons (Fsp3) is 0.364. The molecule has 0 heterocycles. The summed E-state index contributed by atoms with van der Waals surface area (Å²) in [5, 5.41) is 8.89. The zero-order valence-electron chi connectivity index (χ0n) is 8.57. The zero-order chi connectivity index (χ0) is 10.7. The van der Waals surface area contributed by atoms with E-state index in [4.69, 9.17) is 9.84 Å². The molecule has 1 atom stereocenters. The Bertz CT molecular complexity index is 344. The third-order valence-electron chi connectivity index (χ3n) is 2.28. The van der Waals surface area contributed by atoms with E-state index < -0.39 is 11.9 Å². The molecule has 76 valence electrons. The Morgan fingerprint density at radius 2 is 2.14 bits per heavy atom. The van der Waals surface area contributed by atoms with Crippen LogP contribution in [0.15, 0.2) is 18.2 Å². The minimum absolute atomic E-state index is 0.537. The van der Waals surface area contributed by atoms with Crippen LogP contribution in [0.1, 0.15) is 24.0 Å².